The molecule has 1 saturated heterocycles. The molecule has 0 amide bonds. The van der Waals surface area contributed by atoms with Crippen molar-refractivity contribution in [2.75, 3.05) is 26.2 Å². The van der Waals surface area contributed by atoms with Crippen molar-refractivity contribution in [3.05, 3.63) is 0 Å². The summed E-state index contributed by atoms with van der Waals surface area (Å²) < 4.78 is 0. The summed E-state index contributed by atoms with van der Waals surface area (Å²) in [5, 5.41) is 0. The molecule has 0 bridgehead atoms. The Balaban J connectivity index is 1.76. The summed E-state index contributed by atoms with van der Waals surface area (Å²) in [7, 11) is 0. The van der Waals surface area contributed by atoms with Crippen molar-refractivity contribution in [2.24, 2.45) is 0 Å². The molecule has 2 nitrogen and oxygen atoms in total. The van der Waals surface area contributed by atoms with Crippen LogP contribution in [0.1, 0.15) is 39.5 Å². The average Bonchev–Trinajstić information content (AvgIpc) is 3.04. The minimum absolute atomic E-state index is 0.844. The molecule has 1 heterocycles. The molecule has 82 valence electrons. The van der Waals surface area contributed by atoms with Gasteiger partial charge in [-0.05, 0) is 25.7 Å². The van der Waals surface area contributed by atoms with Crippen molar-refractivity contribution in [2.45, 2.75) is 51.6 Å². The maximum Gasteiger partial charge on any atom is 0.0113 e. The van der Waals surface area contributed by atoms with Crippen molar-refractivity contribution in [1.82, 2.24) is 9.80 Å². The first-order valence-corrected chi connectivity index (χ1v) is 6.33. The van der Waals surface area contributed by atoms with Crippen LogP contribution in [-0.4, -0.2) is 48.1 Å². The van der Waals surface area contributed by atoms with Crippen LogP contribution < -0.4 is 0 Å². The molecule has 2 heteroatoms. The van der Waals surface area contributed by atoms with E-state index in [1.807, 2.05) is 0 Å². The molecule has 1 saturated carbocycles. The maximum absolute atomic E-state index is 2.69. The number of nitrogens with zero attached hydrogens (tertiary/aromatic N) is 2. The Labute approximate surface area is 88.3 Å². The van der Waals surface area contributed by atoms with Gasteiger partial charge in [-0.1, -0.05) is 13.8 Å². The Morgan fingerprint density at radius 2 is 1.57 bits per heavy atom. The molecule has 0 aromatic heterocycles. The van der Waals surface area contributed by atoms with Gasteiger partial charge in [0.2, 0.25) is 0 Å². The Bertz CT molecular complexity index is 165. The van der Waals surface area contributed by atoms with Crippen LogP contribution in [0.3, 0.4) is 0 Å². The highest BCUT2D eigenvalue weighted by molar-refractivity contribution is 4.88. The second-order valence-corrected chi connectivity index (χ2v) is 4.77. The summed E-state index contributed by atoms with van der Waals surface area (Å²) in [4.78, 5) is 5.39. The molecule has 0 spiro atoms. The van der Waals surface area contributed by atoms with Crippen LogP contribution in [0.5, 0.6) is 0 Å². The fourth-order valence-electron chi connectivity index (χ4n) is 2.71. The highest BCUT2D eigenvalue weighted by Gasteiger charge is 2.32. The highest BCUT2D eigenvalue weighted by atomic mass is 15.3. The zero-order valence-electron chi connectivity index (χ0n) is 9.71. The molecular formula is C12H24N2. The molecule has 0 radical (unpaired) electrons. The van der Waals surface area contributed by atoms with Gasteiger partial charge >= 0.3 is 0 Å². The van der Waals surface area contributed by atoms with Gasteiger partial charge in [0, 0.05) is 38.3 Å². The van der Waals surface area contributed by atoms with E-state index in [4.69, 9.17) is 0 Å². The van der Waals surface area contributed by atoms with Crippen LogP contribution in [0.15, 0.2) is 0 Å². The second kappa shape index (κ2) is 4.63. The van der Waals surface area contributed by atoms with Gasteiger partial charge < -0.3 is 0 Å². The third-order valence-electron chi connectivity index (χ3n) is 3.87. The zero-order chi connectivity index (χ0) is 9.97. The lowest BCUT2D eigenvalue weighted by Crippen LogP contribution is -2.50. The van der Waals surface area contributed by atoms with Gasteiger partial charge in [0.1, 0.15) is 0 Å². The summed E-state index contributed by atoms with van der Waals surface area (Å²) in [5.74, 6) is 0. The average molecular weight is 196 g/mol. The largest absolute Gasteiger partial charge is 0.298 e. The molecule has 2 aliphatic rings. The standard InChI is InChI=1S/C12H24N2/c1-3-11(4-2)13-7-9-14(10-8-13)12-5-6-12/h11-12H,3-10H2,1-2H3. The third kappa shape index (κ3) is 2.29. The van der Waals surface area contributed by atoms with E-state index in [-0.39, 0.29) is 0 Å². The van der Waals surface area contributed by atoms with Gasteiger partial charge in [-0.3, -0.25) is 9.80 Å². The fourth-order valence-corrected chi connectivity index (χ4v) is 2.71. The molecule has 14 heavy (non-hydrogen) atoms. The van der Waals surface area contributed by atoms with E-state index in [0.717, 1.165) is 12.1 Å². The molecule has 1 aliphatic carbocycles. The van der Waals surface area contributed by atoms with Crippen LogP contribution in [0.25, 0.3) is 0 Å². The zero-order valence-corrected chi connectivity index (χ0v) is 9.71. The summed E-state index contributed by atoms with van der Waals surface area (Å²) in [5.41, 5.74) is 0. The smallest absolute Gasteiger partial charge is 0.0113 e. The topological polar surface area (TPSA) is 6.48 Å². The van der Waals surface area contributed by atoms with Crippen molar-refractivity contribution >= 4 is 0 Å². The molecule has 0 aromatic rings. The SMILES string of the molecule is CCC(CC)N1CCN(C2CC2)CC1. The number of rotatable bonds is 4. The van der Waals surface area contributed by atoms with Crippen LogP contribution in [-0.2, 0) is 0 Å². The molecular weight excluding hydrogens is 172 g/mol. The first kappa shape index (κ1) is 10.4. The predicted octanol–water partition coefficient (Wildman–Crippen LogP) is 1.96. The first-order chi connectivity index (χ1) is 6.85. The minimum atomic E-state index is 0.844. The van der Waals surface area contributed by atoms with Gasteiger partial charge in [0.15, 0.2) is 0 Å². The van der Waals surface area contributed by atoms with E-state index in [0.29, 0.717) is 0 Å². The van der Waals surface area contributed by atoms with Crippen LogP contribution in [0.2, 0.25) is 0 Å². The second-order valence-electron chi connectivity index (χ2n) is 4.77. The lowest BCUT2D eigenvalue weighted by atomic mass is 10.1. The monoisotopic (exact) mass is 196 g/mol. The van der Waals surface area contributed by atoms with Gasteiger partial charge in [0.25, 0.3) is 0 Å². The first-order valence-electron chi connectivity index (χ1n) is 6.33. The summed E-state index contributed by atoms with van der Waals surface area (Å²) in [6.07, 6.45) is 5.57. The van der Waals surface area contributed by atoms with E-state index in [1.165, 1.54) is 51.9 Å². The molecule has 0 aromatic carbocycles. The van der Waals surface area contributed by atoms with E-state index >= 15 is 0 Å². The van der Waals surface area contributed by atoms with E-state index in [2.05, 4.69) is 23.6 Å². The van der Waals surface area contributed by atoms with Crippen molar-refractivity contribution in [1.29, 1.82) is 0 Å². The molecule has 1 aliphatic heterocycles. The Morgan fingerprint density at radius 3 is 2.00 bits per heavy atom. The van der Waals surface area contributed by atoms with Gasteiger partial charge in [0.05, 0.1) is 0 Å². The van der Waals surface area contributed by atoms with Gasteiger partial charge in [-0.25, -0.2) is 0 Å². The Hall–Kier alpha value is -0.0800. The number of hydrogen-bond acceptors (Lipinski definition) is 2. The quantitative estimate of drug-likeness (QED) is 0.678. The van der Waals surface area contributed by atoms with Crippen LogP contribution in [0, 0.1) is 0 Å². The van der Waals surface area contributed by atoms with Crippen molar-refractivity contribution < 1.29 is 0 Å². The summed E-state index contributed by atoms with van der Waals surface area (Å²) in [6.45, 7) is 9.90. The fraction of sp³-hybridized carbons (Fsp3) is 1.00. The minimum Gasteiger partial charge on any atom is -0.298 e. The number of piperazine rings is 1. The Morgan fingerprint density at radius 1 is 1.00 bits per heavy atom. The molecule has 2 rings (SSSR count). The Kier molecular flexibility index (Phi) is 3.45. The van der Waals surface area contributed by atoms with E-state index in [1.54, 1.807) is 0 Å². The summed E-state index contributed by atoms with van der Waals surface area (Å²) in [6, 6.07) is 1.82. The lowest BCUT2D eigenvalue weighted by Gasteiger charge is -2.39. The van der Waals surface area contributed by atoms with Crippen LogP contribution in [0.4, 0.5) is 0 Å². The lowest BCUT2D eigenvalue weighted by molar-refractivity contribution is 0.0878. The molecule has 0 N–H and O–H groups in total. The van der Waals surface area contributed by atoms with Crippen molar-refractivity contribution in [3.8, 4) is 0 Å². The van der Waals surface area contributed by atoms with Crippen molar-refractivity contribution in [3.63, 3.8) is 0 Å². The predicted molar refractivity (Wildman–Crippen MR) is 60.5 cm³/mol. The maximum atomic E-state index is 2.69. The molecule has 0 atom stereocenters. The molecule has 0 unspecified atom stereocenters. The van der Waals surface area contributed by atoms with Gasteiger partial charge in [-0.2, -0.15) is 0 Å². The van der Waals surface area contributed by atoms with Crippen LogP contribution >= 0.6 is 0 Å². The number of hydrogen-bond donors (Lipinski definition) is 0. The molecule has 2 fully saturated rings. The van der Waals surface area contributed by atoms with E-state index in [9.17, 15) is 0 Å². The van der Waals surface area contributed by atoms with E-state index < -0.39 is 0 Å². The normalized spacial score (nSPS) is 25.9. The summed E-state index contributed by atoms with van der Waals surface area (Å²) >= 11 is 0. The van der Waals surface area contributed by atoms with Gasteiger partial charge in [-0.15, -0.1) is 0 Å². The third-order valence-corrected chi connectivity index (χ3v) is 3.87. The highest BCUT2D eigenvalue weighted by Crippen LogP contribution is 2.28.